The molecule has 2 N–H and O–H groups in total. The number of pyridine rings is 1. The van der Waals surface area contributed by atoms with Crippen molar-refractivity contribution in [1.29, 1.82) is 0 Å². The molecule has 0 amide bonds. The fourth-order valence-electron chi connectivity index (χ4n) is 1.37. The van der Waals surface area contributed by atoms with Gasteiger partial charge in [-0.05, 0) is 25.5 Å². The molecule has 0 bridgehead atoms. The number of hydrogen-bond donors (Lipinski definition) is 2. The van der Waals surface area contributed by atoms with E-state index in [1.54, 1.807) is 0 Å². The number of hydrogen-bond acceptors (Lipinski definition) is 7. The fourth-order valence-corrected chi connectivity index (χ4v) is 1.78. The van der Waals surface area contributed by atoms with Gasteiger partial charge in [0.15, 0.2) is 9.84 Å². The molecular weight excluding hydrogens is 321 g/mol. The van der Waals surface area contributed by atoms with Crippen LogP contribution in [0.25, 0.3) is 0 Å². The Labute approximate surface area is 167 Å². The summed E-state index contributed by atoms with van der Waals surface area (Å²) in [6.07, 6.45) is 1.91. The average Bonchev–Trinajstić information content (AvgIpc) is 2.35. The zero-order chi connectivity index (χ0) is 15.3. The summed E-state index contributed by atoms with van der Waals surface area (Å²) in [6.45, 7) is 3.90. The standard InChI is InChI=1S/C12H19N3O4S.K/c1-4-8(2)14-11-6-9(12(16)17)5-10(15-11)13-7-20(3,18)19;/h5-6,8H,4,7H2,1-3H3,(H,16,17)(H2,13,14,15);/q;+1/p-1/t8-;/m0./s1. The molecule has 1 rings (SSSR count). The number of nitrogens with zero attached hydrogens (tertiary/aromatic N) is 1. The van der Waals surface area contributed by atoms with Crippen LogP contribution in [0.15, 0.2) is 12.1 Å². The molecule has 0 saturated heterocycles. The van der Waals surface area contributed by atoms with Crippen LogP contribution >= 0.6 is 0 Å². The second-order valence-corrected chi connectivity index (χ2v) is 6.75. The molecule has 0 aromatic carbocycles. The van der Waals surface area contributed by atoms with Gasteiger partial charge in [0, 0.05) is 17.9 Å². The van der Waals surface area contributed by atoms with Gasteiger partial charge in [0.1, 0.15) is 17.5 Å². The maximum absolute atomic E-state index is 11.1. The third kappa shape index (κ3) is 8.12. The van der Waals surface area contributed by atoms with Crippen molar-refractivity contribution in [3.05, 3.63) is 17.7 Å². The second kappa shape index (κ2) is 9.06. The average molecular weight is 339 g/mol. The van der Waals surface area contributed by atoms with Crippen LogP contribution in [0.5, 0.6) is 0 Å². The number of carboxylic acids is 1. The molecule has 0 unspecified atom stereocenters. The Bertz CT molecular complexity index is 592. The molecule has 0 spiro atoms. The molecule has 0 saturated carbocycles. The largest absolute Gasteiger partial charge is 1.00 e. The van der Waals surface area contributed by atoms with Crippen LogP contribution in [0.1, 0.15) is 30.6 Å². The third-order valence-electron chi connectivity index (χ3n) is 2.58. The van der Waals surface area contributed by atoms with E-state index in [1.165, 1.54) is 12.1 Å². The van der Waals surface area contributed by atoms with Gasteiger partial charge in [-0.15, -0.1) is 0 Å². The molecule has 21 heavy (non-hydrogen) atoms. The van der Waals surface area contributed by atoms with Crippen LogP contribution in [0.2, 0.25) is 0 Å². The Morgan fingerprint density at radius 2 is 1.95 bits per heavy atom. The molecule has 1 heterocycles. The topological polar surface area (TPSA) is 111 Å². The van der Waals surface area contributed by atoms with Crippen molar-refractivity contribution in [3.63, 3.8) is 0 Å². The first kappa shape index (κ1) is 20.8. The van der Waals surface area contributed by atoms with E-state index in [0.29, 0.717) is 5.82 Å². The summed E-state index contributed by atoms with van der Waals surface area (Å²) >= 11 is 0. The van der Waals surface area contributed by atoms with Crippen molar-refractivity contribution in [2.24, 2.45) is 0 Å². The molecule has 0 fully saturated rings. The molecule has 0 radical (unpaired) electrons. The summed E-state index contributed by atoms with van der Waals surface area (Å²) in [7, 11) is -3.23. The normalized spacial score (nSPS) is 12.1. The van der Waals surface area contributed by atoms with E-state index in [-0.39, 0.29) is 74.7 Å². The number of anilines is 2. The minimum absolute atomic E-state index is 0. The van der Waals surface area contributed by atoms with E-state index in [2.05, 4.69) is 15.6 Å². The SMILES string of the molecule is CC[C@H](C)Nc1cc(C(=O)[O-])cc(NCS(C)(=O)=O)n1.[K+]. The zero-order valence-corrected chi connectivity index (χ0v) is 16.6. The number of carbonyl (C=O) groups excluding carboxylic acids is 1. The van der Waals surface area contributed by atoms with Crippen LogP contribution in [-0.2, 0) is 9.84 Å². The minimum Gasteiger partial charge on any atom is -0.545 e. The van der Waals surface area contributed by atoms with Gasteiger partial charge in [0.25, 0.3) is 0 Å². The molecule has 112 valence electrons. The molecule has 7 nitrogen and oxygen atoms in total. The molecule has 0 aliphatic heterocycles. The van der Waals surface area contributed by atoms with Crippen molar-refractivity contribution in [1.82, 2.24) is 4.98 Å². The first-order valence-electron chi connectivity index (χ1n) is 6.13. The van der Waals surface area contributed by atoms with Crippen molar-refractivity contribution in [2.75, 3.05) is 22.8 Å². The maximum atomic E-state index is 11.1. The summed E-state index contributed by atoms with van der Waals surface area (Å²) in [5.41, 5.74) is -0.0678. The van der Waals surface area contributed by atoms with Gasteiger partial charge in [-0.3, -0.25) is 0 Å². The van der Waals surface area contributed by atoms with Gasteiger partial charge < -0.3 is 20.5 Å². The molecule has 0 aliphatic carbocycles. The van der Waals surface area contributed by atoms with Crippen molar-refractivity contribution < 1.29 is 69.7 Å². The van der Waals surface area contributed by atoms with Crippen molar-refractivity contribution >= 4 is 27.4 Å². The summed E-state index contributed by atoms with van der Waals surface area (Å²) in [5.74, 6) is -1.14. The Balaban J connectivity index is 0.00000400. The second-order valence-electron chi connectivity index (χ2n) is 4.61. The van der Waals surface area contributed by atoms with Crippen LogP contribution in [0, 0.1) is 0 Å². The van der Waals surface area contributed by atoms with E-state index in [0.717, 1.165) is 12.7 Å². The van der Waals surface area contributed by atoms with Gasteiger partial charge in [-0.25, -0.2) is 13.4 Å². The predicted octanol–water partition coefficient (Wildman–Crippen LogP) is -2.93. The predicted molar refractivity (Wildman–Crippen MR) is 75.3 cm³/mol. The van der Waals surface area contributed by atoms with Gasteiger partial charge in [-0.2, -0.15) is 0 Å². The maximum Gasteiger partial charge on any atom is 1.00 e. The van der Waals surface area contributed by atoms with Crippen LogP contribution in [0.3, 0.4) is 0 Å². The Morgan fingerprint density at radius 1 is 1.38 bits per heavy atom. The van der Waals surface area contributed by atoms with Crippen molar-refractivity contribution in [2.45, 2.75) is 26.3 Å². The fraction of sp³-hybridized carbons (Fsp3) is 0.500. The van der Waals surface area contributed by atoms with E-state index >= 15 is 0 Å². The minimum atomic E-state index is -3.23. The molecule has 1 aromatic rings. The number of nitrogens with one attached hydrogen (secondary N) is 2. The zero-order valence-electron chi connectivity index (χ0n) is 12.6. The van der Waals surface area contributed by atoms with Crippen LogP contribution in [-0.4, -0.2) is 37.5 Å². The van der Waals surface area contributed by atoms with E-state index in [4.69, 9.17) is 0 Å². The van der Waals surface area contributed by atoms with Gasteiger partial charge >= 0.3 is 51.4 Å². The number of carbonyl (C=O) groups is 1. The molecular formula is C12H18KN3O4S. The number of sulfone groups is 1. The monoisotopic (exact) mass is 339 g/mol. The smallest absolute Gasteiger partial charge is 0.545 e. The first-order chi connectivity index (χ1) is 9.21. The van der Waals surface area contributed by atoms with Gasteiger partial charge in [0.05, 0.1) is 5.97 Å². The summed E-state index contributed by atoms with van der Waals surface area (Å²) in [6, 6.07) is 2.71. The molecule has 0 aliphatic rings. The molecule has 9 heteroatoms. The van der Waals surface area contributed by atoms with Crippen LogP contribution in [0.4, 0.5) is 11.6 Å². The quantitative estimate of drug-likeness (QED) is 0.512. The van der Waals surface area contributed by atoms with Crippen molar-refractivity contribution in [3.8, 4) is 0 Å². The number of aromatic carboxylic acids is 1. The Morgan fingerprint density at radius 3 is 2.43 bits per heavy atom. The summed E-state index contributed by atoms with van der Waals surface area (Å²) < 4.78 is 22.2. The first-order valence-corrected chi connectivity index (χ1v) is 8.19. The van der Waals surface area contributed by atoms with Gasteiger partial charge in [-0.1, -0.05) is 6.92 Å². The third-order valence-corrected chi connectivity index (χ3v) is 3.25. The van der Waals surface area contributed by atoms with E-state index < -0.39 is 15.8 Å². The number of carboxylic acid groups (broad SMARTS) is 1. The Kier molecular flexibility index (Phi) is 8.98. The van der Waals surface area contributed by atoms with Crippen LogP contribution < -0.4 is 67.1 Å². The number of rotatable bonds is 7. The Hall–Kier alpha value is -0.194. The van der Waals surface area contributed by atoms with E-state index in [9.17, 15) is 18.3 Å². The number of aromatic nitrogens is 1. The summed E-state index contributed by atoms with van der Waals surface area (Å²) in [5, 5.41) is 16.6. The van der Waals surface area contributed by atoms with E-state index in [1.807, 2.05) is 13.8 Å². The van der Waals surface area contributed by atoms with Gasteiger partial charge in [0.2, 0.25) is 0 Å². The summed E-state index contributed by atoms with van der Waals surface area (Å²) in [4.78, 5) is 15.1. The molecule has 1 atom stereocenters. The molecule has 1 aromatic heterocycles.